The van der Waals surface area contributed by atoms with Gasteiger partial charge in [-0.3, -0.25) is 4.79 Å². The van der Waals surface area contributed by atoms with Gasteiger partial charge < -0.3 is 16.0 Å². The maximum atomic E-state index is 13.2. The summed E-state index contributed by atoms with van der Waals surface area (Å²) in [6.07, 6.45) is -3.55. The number of nitrogens with one attached hydrogen (secondary N) is 1. The number of nitrogens with zero attached hydrogens (tertiary/aromatic N) is 1. The normalized spacial score (nSPS) is 18.3. The molecule has 2 rings (SSSR count). The van der Waals surface area contributed by atoms with E-state index in [1.54, 1.807) is 0 Å². The van der Waals surface area contributed by atoms with E-state index in [1.165, 1.54) is 4.90 Å². The number of carbonyl (C=O) groups excluding carboxylic acids is 2. The number of hydrogen-bond acceptors (Lipinski definition) is 2. The fourth-order valence-corrected chi connectivity index (χ4v) is 2.70. The summed E-state index contributed by atoms with van der Waals surface area (Å²) in [4.78, 5) is 24.6. The number of hydrogen-bond donors (Lipinski definition) is 2. The van der Waals surface area contributed by atoms with E-state index in [-0.39, 0.29) is 12.1 Å². The van der Waals surface area contributed by atoms with Gasteiger partial charge in [0.15, 0.2) is 0 Å². The molecule has 24 heavy (non-hydrogen) atoms. The van der Waals surface area contributed by atoms with Crippen molar-refractivity contribution >= 4 is 11.9 Å². The maximum absolute atomic E-state index is 13.2. The molecule has 1 saturated heterocycles. The molecule has 0 radical (unpaired) electrons. The van der Waals surface area contributed by atoms with E-state index in [4.69, 9.17) is 5.73 Å². The zero-order valence-corrected chi connectivity index (χ0v) is 12.7. The number of carbonyl (C=O) groups is 2. The van der Waals surface area contributed by atoms with Crippen LogP contribution in [-0.2, 0) is 17.5 Å². The minimum Gasteiger partial charge on any atom is -0.352 e. The number of alkyl halides is 3. The highest BCUT2D eigenvalue weighted by Crippen LogP contribution is 2.32. The Morgan fingerprint density at radius 2 is 2.04 bits per heavy atom. The summed E-state index contributed by atoms with van der Waals surface area (Å²) in [6.45, 7) is 0.121. The summed E-state index contributed by atoms with van der Waals surface area (Å²) in [5, 5.41) is 2.38. The maximum Gasteiger partial charge on any atom is 0.416 e. The highest BCUT2D eigenvalue weighted by Gasteiger charge is 2.34. The van der Waals surface area contributed by atoms with Crippen LogP contribution in [0.2, 0.25) is 0 Å². The first-order chi connectivity index (χ1) is 11.2. The van der Waals surface area contributed by atoms with Gasteiger partial charge in [0.05, 0.1) is 11.5 Å². The van der Waals surface area contributed by atoms with Crippen LogP contribution in [-0.4, -0.2) is 29.9 Å². The van der Waals surface area contributed by atoms with Gasteiger partial charge in [-0.15, -0.1) is 0 Å². The molecule has 1 aromatic carbocycles. The van der Waals surface area contributed by atoms with E-state index >= 15 is 0 Å². The minimum atomic E-state index is -4.64. The zero-order chi connectivity index (χ0) is 17.9. The van der Waals surface area contributed by atoms with Crippen molar-refractivity contribution in [2.45, 2.75) is 25.6 Å². The van der Waals surface area contributed by atoms with Crippen LogP contribution in [0.4, 0.5) is 22.4 Å². The predicted octanol–water partition coefficient (Wildman–Crippen LogP) is 2.25. The molecule has 0 bridgehead atoms. The zero-order valence-electron chi connectivity index (χ0n) is 12.7. The van der Waals surface area contributed by atoms with E-state index < -0.39 is 42.0 Å². The summed E-state index contributed by atoms with van der Waals surface area (Å²) in [6, 6.07) is 1.48. The number of urea groups is 1. The smallest absolute Gasteiger partial charge is 0.352 e. The SMILES string of the molecule is NC(=O)N1CCCC(C(=O)NCc2cc(F)ccc2C(F)(F)F)C1. The van der Waals surface area contributed by atoms with Crippen LogP contribution in [0.5, 0.6) is 0 Å². The van der Waals surface area contributed by atoms with Gasteiger partial charge in [-0.2, -0.15) is 13.2 Å². The first kappa shape index (κ1) is 18.0. The Morgan fingerprint density at radius 3 is 2.67 bits per heavy atom. The van der Waals surface area contributed by atoms with Crippen molar-refractivity contribution in [3.05, 3.63) is 35.1 Å². The molecule has 5 nitrogen and oxygen atoms in total. The van der Waals surface area contributed by atoms with E-state index in [0.717, 1.165) is 12.1 Å². The van der Waals surface area contributed by atoms with Crippen molar-refractivity contribution in [3.8, 4) is 0 Å². The minimum absolute atomic E-state index is 0.121. The number of amides is 3. The molecular formula is C15H17F4N3O2. The van der Waals surface area contributed by atoms with Crippen molar-refractivity contribution in [2.24, 2.45) is 11.7 Å². The Balaban J connectivity index is 2.04. The molecule has 1 atom stereocenters. The number of nitrogens with two attached hydrogens (primary N) is 1. The molecular weight excluding hydrogens is 330 g/mol. The molecule has 1 heterocycles. The Kier molecular flexibility index (Phi) is 5.30. The number of piperidine rings is 1. The second-order valence-electron chi connectivity index (χ2n) is 5.64. The van der Waals surface area contributed by atoms with Gasteiger partial charge in [-0.05, 0) is 36.6 Å². The Morgan fingerprint density at radius 1 is 1.33 bits per heavy atom. The lowest BCUT2D eigenvalue weighted by Gasteiger charge is -2.30. The molecule has 9 heteroatoms. The molecule has 1 aliphatic rings. The molecule has 1 fully saturated rings. The summed E-state index contributed by atoms with van der Waals surface area (Å²) in [5.74, 6) is -1.85. The molecule has 0 aliphatic carbocycles. The molecule has 1 unspecified atom stereocenters. The molecule has 1 aliphatic heterocycles. The predicted molar refractivity (Wildman–Crippen MR) is 77.1 cm³/mol. The highest BCUT2D eigenvalue weighted by atomic mass is 19.4. The van der Waals surface area contributed by atoms with Crippen LogP contribution < -0.4 is 11.1 Å². The van der Waals surface area contributed by atoms with Crippen LogP contribution in [0.15, 0.2) is 18.2 Å². The quantitative estimate of drug-likeness (QED) is 0.823. The van der Waals surface area contributed by atoms with Gasteiger partial charge in [-0.25, -0.2) is 9.18 Å². The van der Waals surface area contributed by atoms with Crippen molar-refractivity contribution in [1.82, 2.24) is 10.2 Å². The number of halogens is 4. The lowest BCUT2D eigenvalue weighted by molar-refractivity contribution is -0.138. The van der Waals surface area contributed by atoms with Crippen LogP contribution in [0.1, 0.15) is 24.0 Å². The Bertz CT molecular complexity index is 634. The molecule has 3 amide bonds. The van der Waals surface area contributed by atoms with Gasteiger partial charge in [0, 0.05) is 19.6 Å². The number of rotatable bonds is 3. The lowest BCUT2D eigenvalue weighted by Crippen LogP contribution is -2.47. The van der Waals surface area contributed by atoms with Gasteiger partial charge in [0.25, 0.3) is 0 Å². The van der Waals surface area contributed by atoms with Crippen molar-refractivity contribution < 1.29 is 27.2 Å². The lowest BCUT2D eigenvalue weighted by atomic mass is 9.97. The highest BCUT2D eigenvalue weighted by molar-refractivity contribution is 5.80. The van der Waals surface area contributed by atoms with Crippen LogP contribution in [0, 0.1) is 11.7 Å². The fourth-order valence-electron chi connectivity index (χ4n) is 2.70. The Labute approximate surface area is 135 Å². The van der Waals surface area contributed by atoms with E-state index in [0.29, 0.717) is 25.5 Å². The number of primary amides is 1. The average molecular weight is 347 g/mol. The number of benzene rings is 1. The summed E-state index contributed by atoms with van der Waals surface area (Å²) in [7, 11) is 0. The third-order valence-corrected chi connectivity index (χ3v) is 3.93. The van der Waals surface area contributed by atoms with Gasteiger partial charge >= 0.3 is 12.2 Å². The van der Waals surface area contributed by atoms with Crippen molar-refractivity contribution in [3.63, 3.8) is 0 Å². The van der Waals surface area contributed by atoms with Gasteiger partial charge in [0.2, 0.25) is 5.91 Å². The number of likely N-dealkylation sites (tertiary alicyclic amines) is 1. The first-order valence-corrected chi connectivity index (χ1v) is 7.36. The summed E-state index contributed by atoms with van der Waals surface area (Å²) >= 11 is 0. The largest absolute Gasteiger partial charge is 0.416 e. The van der Waals surface area contributed by atoms with E-state index in [9.17, 15) is 27.2 Å². The average Bonchev–Trinajstić information content (AvgIpc) is 2.51. The van der Waals surface area contributed by atoms with Crippen LogP contribution >= 0.6 is 0 Å². The second-order valence-corrected chi connectivity index (χ2v) is 5.64. The topological polar surface area (TPSA) is 75.4 Å². The van der Waals surface area contributed by atoms with Crippen molar-refractivity contribution in [1.29, 1.82) is 0 Å². The molecule has 3 N–H and O–H groups in total. The first-order valence-electron chi connectivity index (χ1n) is 7.36. The van der Waals surface area contributed by atoms with E-state index in [2.05, 4.69) is 5.32 Å². The summed E-state index contributed by atoms with van der Waals surface area (Å²) in [5.41, 5.74) is 3.82. The van der Waals surface area contributed by atoms with Gasteiger partial charge in [0.1, 0.15) is 5.82 Å². The third kappa shape index (κ3) is 4.36. The standard InChI is InChI=1S/C15H17F4N3O2/c16-11-3-4-12(15(17,18)19)10(6-11)7-21-13(23)9-2-1-5-22(8-9)14(20)24/h3-4,6,9H,1-2,5,7-8H2,(H2,20,24)(H,21,23). The fraction of sp³-hybridized carbons (Fsp3) is 0.467. The third-order valence-electron chi connectivity index (χ3n) is 3.93. The van der Waals surface area contributed by atoms with Crippen molar-refractivity contribution in [2.75, 3.05) is 13.1 Å². The second kappa shape index (κ2) is 7.06. The molecule has 0 spiro atoms. The molecule has 0 saturated carbocycles. The van der Waals surface area contributed by atoms with E-state index in [1.807, 2.05) is 0 Å². The molecule has 0 aromatic heterocycles. The van der Waals surface area contributed by atoms with Crippen LogP contribution in [0.3, 0.4) is 0 Å². The molecule has 132 valence electrons. The molecule has 1 aromatic rings. The monoisotopic (exact) mass is 347 g/mol. The van der Waals surface area contributed by atoms with Crippen LogP contribution in [0.25, 0.3) is 0 Å². The summed E-state index contributed by atoms with van der Waals surface area (Å²) < 4.78 is 51.9. The van der Waals surface area contributed by atoms with Gasteiger partial charge in [-0.1, -0.05) is 0 Å². The Hall–Kier alpha value is -2.32.